The molecule has 1 aromatic rings. The fourth-order valence-corrected chi connectivity index (χ4v) is 2.42. The van der Waals surface area contributed by atoms with Crippen molar-refractivity contribution in [1.29, 1.82) is 0 Å². The van der Waals surface area contributed by atoms with Gasteiger partial charge < -0.3 is 11.1 Å². The number of alkyl halides is 3. The van der Waals surface area contributed by atoms with Gasteiger partial charge in [-0.05, 0) is 19.8 Å². The van der Waals surface area contributed by atoms with Gasteiger partial charge in [0.25, 0.3) is 0 Å². The molecule has 0 amide bonds. The molecule has 2 rings (SSSR count). The van der Waals surface area contributed by atoms with Gasteiger partial charge in [0.15, 0.2) is 0 Å². The van der Waals surface area contributed by atoms with Crippen LogP contribution in [0.4, 0.5) is 24.8 Å². The standard InChI is InChI=1S/C12H17F3N4/c1-11(5-3-2-4-6-11)19-9-7-8(16)17-10(18-9)12(13,14)15/h7H,2-6H2,1H3,(H3,16,17,18,19). The molecule has 1 fully saturated rings. The van der Waals surface area contributed by atoms with Gasteiger partial charge in [-0.2, -0.15) is 13.2 Å². The minimum atomic E-state index is -4.58. The first-order chi connectivity index (χ1) is 8.78. The zero-order valence-corrected chi connectivity index (χ0v) is 10.7. The number of hydrogen-bond donors (Lipinski definition) is 2. The molecular weight excluding hydrogens is 257 g/mol. The van der Waals surface area contributed by atoms with Gasteiger partial charge in [-0.25, -0.2) is 9.97 Å². The van der Waals surface area contributed by atoms with Crippen LogP contribution in [-0.4, -0.2) is 15.5 Å². The second-order valence-corrected chi connectivity index (χ2v) is 5.25. The monoisotopic (exact) mass is 274 g/mol. The van der Waals surface area contributed by atoms with E-state index in [2.05, 4.69) is 15.3 Å². The van der Waals surface area contributed by atoms with Crippen LogP contribution >= 0.6 is 0 Å². The van der Waals surface area contributed by atoms with Crippen molar-refractivity contribution in [2.24, 2.45) is 0 Å². The summed E-state index contributed by atoms with van der Waals surface area (Å²) in [5, 5.41) is 3.08. The van der Waals surface area contributed by atoms with Crippen molar-refractivity contribution in [3.8, 4) is 0 Å². The third kappa shape index (κ3) is 3.48. The van der Waals surface area contributed by atoms with E-state index < -0.39 is 12.0 Å². The van der Waals surface area contributed by atoms with E-state index in [4.69, 9.17) is 5.73 Å². The second-order valence-electron chi connectivity index (χ2n) is 5.25. The molecule has 0 aromatic carbocycles. The molecule has 1 aromatic heterocycles. The molecule has 0 aliphatic heterocycles. The number of anilines is 2. The zero-order chi connectivity index (χ0) is 14.1. The Morgan fingerprint density at radius 1 is 1.21 bits per heavy atom. The molecule has 7 heteroatoms. The quantitative estimate of drug-likeness (QED) is 0.869. The number of aromatic nitrogens is 2. The molecule has 0 spiro atoms. The number of hydrogen-bond acceptors (Lipinski definition) is 4. The highest BCUT2D eigenvalue weighted by Crippen LogP contribution is 2.32. The van der Waals surface area contributed by atoms with Crippen molar-refractivity contribution in [2.75, 3.05) is 11.1 Å². The molecule has 106 valence electrons. The summed E-state index contributed by atoms with van der Waals surface area (Å²) >= 11 is 0. The van der Waals surface area contributed by atoms with Crippen molar-refractivity contribution >= 4 is 11.6 Å². The summed E-state index contributed by atoms with van der Waals surface area (Å²) in [4.78, 5) is 6.74. The zero-order valence-electron chi connectivity index (χ0n) is 10.7. The van der Waals surface area contributed by atoms with Gasteiger partial charge in [0, 0.05) is 11.6 Å². The van der Waals surface area contributed by atoms with E-state index in [0.717, 1.165) is 32.1 Å². The summed E-state index contributed by atoms with van der Waals surface area (Å²) in [6.07, 6.45) is 0.541. The van der Waals surface area contributed by atoms with Crippen LogP contribution in [0.5, 0.6) is 0 Å². The maximum atomic E-state index is 12.6. The maximum Gasteiger partial charge on any atom is 0.451 e. The first-order valence-corrected chi connectivity index (χ1v) is 6.28. The lowest BCUT2D eigenvalue weighted by molar-refractivity contribution is -0.144. The van der Waals surface area contributed by atoms with Crippen molar-refractivity contribution in [1.82, 2.24) is 9.97 Å². The number of halogens is 3. The van der Waals surface area contributed by atoms with Crippen molar-refractivity contribution < 1.29 is 13.2 Å². The fourth-order valence-electron chi connectivity index (χ4n) is 2.42. The van der Waals surface area contributed by atoms with Crippen LogP contribution in [0.1, 0.15) is 44.9 Å². The summed E-state index contributed by atoms with van der Waals surface area (Å²) in [5.74, 6) is -1.23. The molecule has 0 bridgehead atoms. The molecule has 0 atom stereocenters. The largest absolute Gasteiger partial charge is 0.451 e. The van der Waals surface area contributed by atoms with E-state index in [0.29, 0.717) is 0 Å². The summed E-state index contributed by atoms with van der Waals surface area (Å²) in [7, 11) is 0. The first-order valence-electron chi connectivity index (χ1n) is 6.28. The Morgan fingerprint density at radius 2 is 1.84 bits per heavy atom. The highest BCUT2D eigenvalue weighted by atomic mass is 19.4. The summed E-state index contributed by atoms with van der Waals surface area (Å²) < 4.78 is 37.8. The van der Waals surface area contributed by atoms with Gasteiger partial charge in [-0.3, -0.25) is 0 Å². The fraction of sp³-hybridized carbons (Fsp3) is 0.667. The normalized spacial score (nSPS) is 19.2. The molecule has 19 heavy (non-hydrogen) atoms. The Hall–Kier alpha value is -1.53. The van der Waals surface area contributed by atoms with Crippen LogP contribution in [0.3, 0.4) is 0 Å². The van der Waals surface area contributed by atoms with E-state index in [-0.39, 0.29) is 17.2 Å². The Bertz CT molecular complexity index is 453. The average molecular weight is 274 g/mol. The molecule has 1 aliphatic carbocycles. The maximum absolute atomic E-state index is 12.6. The molecule has 3 N–H and O–H groups in total. The number of nitrogens with two attached hydrogens (primary N) is 1. The van der Waals surface area contributed by atoms with Crippen LogP contribution in [0, 0.1) is 0 Å². The number of nitrogen functional groups attached to an aromatic ring is 1. The molecule has 1 aliphatic rings. The SMILES string of the molecule is CC1(Nc2cc(N)nc(C(F)(F)F)n2)CCCCC1. The minimum Gasteiger partial charge on any atom is -0.384 e. The van der Waals surface area contributed by atoms with E-state index >= 15 is 0 Å². The van der Waals surface area contributed by atoms with Crippen LogP contribution < -0.4 is 11.1 Å². The van der Waals surface area contributed by atoms with Crippen LogP contribution in [0.25, 0.3) is 0 Å². The van der Waals surface area contributed by atoms with Crippen molar-refractivity contribution in [2.45, 2.75) is 50.7 Å². The van der Waals surface area contributed by atoms with E-state index in [1.807, 2.05) is 6.92 Å². The molecule has 0 saturated heterocycles. The molecule has 0 radical (unpaired) electrons. The molecule has 0 unspecified atom stereocenters. The van der Waals surface area contributed by atoms with Gasteiger partial charge in [0.2, 0.25) is 5.82 Å². The van der Waals surface area contributed by atoms with Crippen LogP contribution in [0.2, 0.25) is 0 Å². The van der Waals surface area contributed by atoms with Crippen LogP contribution in [-0.2, 0) is 6.18 Å². The molecule has 1 saturated carbocycles. The Labute approximate surface area is 109 Å². The highest BCUT2D eigenvalue weighted by molar-refractivity contribution is 5.46. The minimum absolute atomic E-state index is 0.143. The van der Waals surface area contributed by atoms with E-state index in [9.17, 15) is 13.2 Å². The van der Waals surface area contributed by atoms with Gasteiger partial charge in [-0.1, -0.05) is 19.3 Å². The smallest absolute Gasteiger partial charge is 0.384 e. The van der Waals surface area contributed by atoms with E-state index in [1.54, 1.807) is 0 Å². The predicted octanol–water partition coefficient (Wildman–Crippen LogP) is 3.21. The highest BCUT2D eigenvalue weighted by Gasteiger charge is 2.36. The first kappa shape index (κ1) is 13.9. The number of nitrogens with zero attached hydrogens (tertiary/aromatic N) is 2. The van der Waals surface area contributed by atoms with Gasteiger partial charge in [-0.15, -0.1) is 0 Å². The third-order valence-electron chi connectivity index (χ3n) is 3.39. The Morgan fingerprint density at radius 3 is 2.42 bits per heavy atom. The average Bonchev–Trinajstić information content (AvgIpc) is 2.27. The second kappa shape index (κ2) is 4.86. The number of rotatable bonds is 2. The third-order valence-corrected chi connectivity index (χ3v) is 3.39. The summed E-state index contributed by atoms with van der Waals surface area (Å²) in [6, 6.07) is 1.34. The molecule has 1 heterocycles. The van der Waals surface area contributed by atoms with Crippen molar-refractivity contribution in [3.05, 3.63) is 11.9 Å². The summed E-state index contributed by atoms with van der Waals surface area (Å²) in [5.41, 5.74) is 5.19. The van der Waals surface area contributed by atoms with Gasteiger partial charge in [0.05, 0.1) is 0 Å². The topological polar surface area (TPSA) is 63.8 Å². The Balaban J connectivity index is 2.22. The predicted molar refractivity (Wildman–Crippen MR) is 66.6 cm³/mol. The number of nitrogens with one attached hydrogen (secondary N) is 1. The lowest BCUT2D eigenvalue weighted by Crippen LogP contribution is -2.37. The molecular formula is C12H17F3N4. The van der Waals surface area contributed by atoms with Crippen molar-refractivity contribution in [3.63, 3.8) is 0 Å². The summed E-state index contributed by atoms with van der Waals surface area (Å²) in [6.45, 7) is 2.00. The lowest BCUT2D eigenvalue weighted by Gasteiger charge is -2.35. The van der Waals surface area contributed by atoms with E-state index in [1.165, 1.54) is 6.07 Å². The van der Waals surface area contributed by atoms with Gasteiger partial charge in [0.1, 0.15) is 11.6 Å². The Kier molecular flexibility index (Phi) is 3.56. The lowest BCUT2D eigenvalue weighted by atomic mass is 9.83. The van der Waals surface area contributed by atoms with Crippen LogP contribution in [0.15, 0.2) is 6.07 Å². The van der Waals surface area contributed by atoms with Gasteiger partial charge >= 0.3 is 6.18 Å². The molecule has 4 nitrogen and oxygen atoms in total.